The number of carbonyl (C=O) groups is 3. The van der Waals surface area contributed by atoms with Crippen molar-refractivity contribution in [2.24, 2.45) is 0 Å². The number of carboxylic acid groups (broad SMARTS) is 1. The summed E-state index contributed by atoms with van der Waals surface area (Å²) in [6.45, 7) is 9.74. The number of alkyl carbamates (subject to hydrolysis) is 1. The van der Waals surface area contributed by atoms with Gasteiger partial charge in [0.1, 0.15) is 17.7 Å². The molecule has 0 heterocycles. The predicted octanol–water partition coefficient (Wildman–Crippen LogP) is 3.44. The minimum absolute atomic E-state index is 0.0463. The highest BCUT2D eigenvalue weighted by molar-refractivity contribution is 5.77. The second kappa shape index (κ2) is 10.1. The van der Waals surface area contributed by atoms with E-state index >= 15 is 0 Å². The van der Waals surface area contributed by atoms with Crippen molar-refractivity contribution >= 4 is 18.2 Å². The van der Waals surface area contributed by atoms with Crippen molar-refractivity contribution in [1.82, 2.24) is 10.2 Å². The molecule has 2 amide bonds. The van der Waals surface area contributed by atoms with Crippen LogP contribution in [0.15, 0.2) is 30.3 Å². The Balaban J connectivity index is 3.01. The highest BCUT2D eigenvalue weighted by Gasteiger charge is 2.28. The third-order valence-electron chi connectivity index (χ3n) is 3.46. The summed E-state index contributed by atoms with van der Waals surface area (Å²) in [4.78, 5) is 37.1. The molecule has 0 aromatic heterocycles. The summed E-state index contributed by atoms with van der Waals surface area (Å²) >= 11 is 0. The first kappa shape index (κ1) is 24.3. The molecule has 0 saturated carbocycles. The van der Waals surface area contributed by atoms with E-state index in [1.165, 1.54) is 0 Å². The molecule has 0 bridgehead atoms. The van der Waals surface area contributed by atoms with Crippen LogP contribution in [0, 0.1) is 0 Å². The molecule has 0 spiro atoms. The topological polar surface area (TPSA) is 105 Å². The third kappa shape index (κ3) is 11.0. The molecule has 0 aliphatic carbocycles. The lowest BCUT2D eigenvalue weighted by atomic mass is 10.1. The summed E-state index contributed by atoms with van der Waals surface area (Å²) in [5.74, 6) is -1.17. The van der Waals surface area contributed by atoms with Gasteiger partial charge in [-0.05, 0) is 53.5 Å². The maximum atomic E-state index is 12.5. The lowest BCUT2D eigenvalue weighted by molar-refractivity contribution is -0.138. The van der Waals surface area contributed by atoms with Crippen molar-refractivity contribution in [3.63, 3.8) is 0 Å². The zero-order chi connectivity index (χ0) is 22.2. The smallest absolute Gasteiger partial charge is 0.410 e. The van der Waals surface area contributed by atoms with E-state index in [2.05, 4.69) is 5.32 Å². The summed E-state index contributed by atoms with van der Waals surface area (Å²) < 4.78 is 10.6. The zero-order valence-electron chi connectivity index (χ0n) is 18.0. The largest absolute Gasteiger partial charge is 0.480 e. The van der Waals surface area contributed by atoms with E-state index < -0.39 is 41.9 Å². The molecule has 0 fully saturated rings. The number of rotatable bonds is 7. The van der Waals surface area contributed by atoms with Gasteiger partial charge < -0.3 is 19.9 Å². The molecule has 1 rings (SSSR count). The Morgan fingerprint density at radius 2 is 1.55 bits per heavy atom. The van der Waals surface area contributed by atoms with Gasteiger partial charge in [0.25, 0.3) is 0 Å². The number of nitrogens with one attached hydrogen (secondary N) is 1. The first-order valence-electron chi connectivity index (χ1n) is 9.48. The van der Waals surface area contributed by atoms with E-state index in [4.69, 9.17) is 9.47 Å². The average molecular weight is 408 g/mol. The molecule has 0 aliphatic heterocycles. The predicted molar refractivity (Wildman–Crippen MR) is 109 cm³/mol. The third-order valence-corrected chi connectivity index (χ3v) is 3.46. The number of carbonyl (C=O) groups excluding carboxylic acids is 2. The average Bonchev–Trinajstić information content (AvgIpc) is 2.51. The van der Waals surface area contributed by atoms with Crippen molar-refractivity contribution in [2.75, 3.05) is 13.1 Å². The molecule has 1 atom stereocenters. The van der Waals surface area contributed by atoms with Gasteiger partial charge in [0.2, 0.25) is 0 Å². The van der Waals surface area contributed by atoms with Gasteiger partial charge in [-0.2, -0.15) is 0 Å². The molecule has 1 aromatic rings. The Kier molecular flexibility index (Phi) is 8.48. The number of nitrogens with zero attached hydrogens (tertiary/aromatic N) is 1. The van der Waals surface area contributed by atoms with Crippen molar-refractivity contribution < 1.29 is 29.0 Å². The fourth-order valence-corrected chi connectivity index (χ4v) is 2.49. The van der Waals surface area contributed by atoms with Gasteiger partial charge in [-0.1, -0.05) is 30.3 Å². The molecule has 0 radical (unpaired) electrons. The van der Waals surface area contributed by atoms with Crippen LogP contribution in [0.4, 0.5) is 9.59 Å². The van der Waals surface area contributed by atoms with Crippen LogP contribution in [0.1, 0.15) is 47.1 Å². The lowest BCUT2D eigenvalue weighted by Crippen LogP contribution is -2.50. The van der Waals surface area contributed by atoms with Crippen LogP contribution in [0.2, 0.25) is 0 Å². The van der Waals surface area contributed by atoms with Crippen LogP contribution in [0.25, 0.3) is 0 Å². The normalized spacial score (nSPS) is 12.6. The van der Waals surface area contributed by atoms with Gasteiger partial charge >= 0.3 is 18.2 Å². The van der Waals surface area contributed by atoms with E-state index in [-0.39, 0.29) is 6.54 Å². The Morgan fingerprint density at radius 1 is 1.00 bits per heavy atom. The second-order valence-electron chi connectivity index (χ2n) is 8.79. The van der Waals surface area contributed by atoms with Crippen LogP contribution in [0.3, 0.4) is 0 Å². The quantitative estimate of drug-likeness (QED) is 0.716. The second-order valence-corrected chi connectivity index (χ2v) is 8.79. The standard InChI is InChI=1S/C21H32N2O6/c1-20(2,3)28-18(26)22-16(12-15-10-8-7-9-11-15)13-23(14-17(24)25)19(27)29-21(4,5)6/h7-11,16H,12-14H2,1-6H3,(H,22,26)(H,24,25). The van der Waals surface area contributed by atoms with Crippen LogP contribution < -0.4 is 5.32 Å². The van der Waals surface area contributed by atoms with E-state index in [1.54, 1.807) is 41.5 Å². The summed E-state index contributed by atoms with van der Waals surface area (Å²) in [5, 5.41) is 11.9. The van der Waals surface area contributed by atoms with Gasteiger partial charge in [-0.25, -0.2) is 9.59 Å². The molecule has 0 aliphatic rings. The van der Waals surface area contributed by atoms with Crippen LogP contribution >= 0.6 is 0 Å². The van der Waals surface area contributed by atoms with E-state index in [1.807, 2.05) is 30.3 Å². The van der Waals surface area contributed by atoms with Gasteiger partial charge in [-0.3, -0.25) is 9.69 Å². The number of ether oxygens (including phenoxy) is 2. The number of carboxylic acids is 1. The zero-order valence-corrected chi connectivity index (χ0v) is 18.0. The van der Waals surface area contributed by atoms with Crippen LogP contribution in [-0.4, -0.2) is 58.5 Å². The lowest BCUT2D eigenvalue weighted by Gasteiger charge is -2.30. The molecule has 162 valence electrons. The number of benzene rings is 1. The highest BCUT2D eigenvalue weighted by atomic mass is 16.6. The first-order chi connectivity index (χ1) is 13.2. The fraction of sp³-hybridized carbons (Fsp3) is 0.571. The SMILES string of the molecule is CC(C)(C)OC(=O)NC(Cc1ccccc1)CN(CC(=O)O)C(=O)OC(C)(C)C. The number of amides is 2. The van der Waals surface area contributed by atoms with E-state index in [0.717, 1.165) is 10.5 Å². The molecule has 8 nitrogen and oxygen atoms in total. The molecular formula is C21H32N2O6. The van der Waals surface area contributed by atoms with Gasteiger partial charge in [-0.15, -0.1) is 0 Å². The van der Waals surface area contributed by atoms with Crippen molar-refractivity contribution in [1.29, 1.82) is 0 Å². The van der Waals surface area contributed by atoms with Crippen LogP contribution in [0.5, 0.6) is 0 Å². The molecule has 29 heavy (non-hydrogen) atoms. The highest BCUT2D eigenvalue weighted by Crippen LogP contribution is 2.13. The van der Waals surface area contributed by atoms with Gasteiger partial charge in [0.05, 0.1) is 6.04 Å². The van der Waals surface area contributed by atoms with Crippen molar-refractivity contribution in [3.8, 4) is 0 Å². The molecule has 1 unspecified atom stereocenters. The molecule has 0 saturated heterocycles. The van der Waals surface area contributed by atoms with Gasteiger partial charge in [0.15, 0.2) is 0 Å². The van der Waals surface area contributed by atoms with Crippen molar-refractivity contribution in [3.05, 3.63) is 35.9 Å². The monoisotopic (exact) mass is 408 g/mol. The molecular weight excluding hydrogens is 376 g/mol. The van der Waals surface area contributed by atoms with E-state index in [0.29, 0.717) is 6.42 Å². The Bertz CT molecular complexity index is 691. The molecule has 2 N–H and O–H groups in total. The minimum atomic E-state index is -1.17. The summed E-state index contributed by atoms with van der Waals surface area (Å²) in [7, 11) is 0. The fourth-order valence-electron chi connectivity index (χ4n) is 2.49. The minimum Gasteiger partial charge on any atom is -0.480 e. The maximum Gasteiger partial charge on any atom is 0.410 e. The molecule has 1 aromatic carbocycles. The number of aliphatic carboxylic acids is 1. The summed E-state index contributed by atoms with van der Waals surface area (Å²) in [6.07, 6.45) is -1.01. The number of hydrogen-bond acceptors (Lipinski definition) is 5. The Labute approximate surface area is 172 Å². The van der Waals surface area contributed by atoms with Crippen molar-refractivity contribution in [2.45, 2.75) is 65.2 Å². The van der Waals surface area contributed by atoms with E-state index in [9.17, 15) is 19.5 Å². The summed E-state index contributed by atoms with van der Waals surface area (Å²) in [6, 6.07) is 8.81. The summed E-state index contributed by atoms with van der Waals surface area (Å²) in [5.41, 5.74) is -0.540. The Morgan fingerprint density at radius 3 is 2.03 bits per heavy atom. The van der Waals surface area contributed by atoms with Crippen LogP contribution in [-0.2, 0) is 20.7 Å². The first-order valence-corrected chi connectivity index (χ1v) is 9.48. The number of hydrogen-bond donors (Lipinski definition) is 2. The van der Waals surface area contributed by atoms with Gasteiger partial charge in [0, 0.05) is 6.54 Å². The Hall–Kier alpha value is -2.77. The molecule has 8 heteroatoms. The maximum absolute atomic E-state index is 12.5.